The molecule has 0 amide bonds. The zero-order chi connectivity index (χ0) is 16.0. The van der Waals surface area contributed by atoms with Crippen LogP contribution in [0.15, 0.2) is 0 Å². The molecule has 24 heavy (non-hydrogen) atoms. The summed E-state index contributed by atoms with van der Waals surface area (Å²) in [6.45, 7) is 8.61. The van der Waals surface area contributed by atoms with E-state index in [-0.39, 0.29) is 5.41 Å². The van der Waals surface area contributed by atoms with Crippen molar-refractivity contribution >= 4 is 0 Å². The molecule has 0 aliphatic heterocycles. The number of hydrogen-bond acceptors (Lipinski definition) is 1. The molecule has 0 aromatic rings. The minimum atomic E-state index is 0.274. The molecule has 8 rings (SSSR count). The summed E-state index contributed by atoms with van der Waals surface area (Å²) >= 11 is 0. The van der Waals surface area contributed by atoms with Crippen molar-refractivity contribution in [3.63, 3.8) is 0 Å². The zero-order valence-electron chi connectivity index (χ0n) is 15.4. The Hall–Kier alpha value is -0.0400. The highest BCUT2D eigenvalue weighted by Crippen LogP contribution is 2.95. The van der Waals surface area contributed by atoms with Gasteiger partial charge in [0.15, 0.2) is 0 Å². The van der Waals surface area contributed by atoms with E-state index in [1.54, 1.807) is 6.42 Å². The molecule has 0 bridgehead atoms. The van der Waals surface area contributed by atoms with Crippen LogP contribution in [-0.4, -0.2) is 11.7 Å². The third kappa shape index (κ3) is 0.828. The average molecular weight is 325 g/mol. The summed E-state index contributed by atoms with van der Waals surface area (Å²) in [4.78, 5) is 0. The van der Waals surface area contributed by atoms with E-state index in [4.69, 9.17) is 0 Å². The van der Waals surface area contributed by atoms with Crippen LogP contribution in [0.25, 0.3) is 0 Å². The van der Waals surface area contributed by atoms with Gasteiger partial charge in [0.25, 0.3) is 0 Å². The maximum atomic E-state index is 10.7. The van der Waals surface area contributed by atoms with E-state index in [2.05, 4.69) is 20.8 Å². The number of aliphatic hydroxyl groups excluding tert-OH is 1. The topological polar surface area (TPSA) is 20.2 Å². The van der Waals surface area contributed by atoms with Gasteiger partial charge in [-0.3, -0.25) is 0 Å². The van der Waals surface area contributed by atoms with Gasteiger partial charge in [0.2, 0.25) is 0 Å². The fourth-order valence-electron chi connectivity index (χ4n) is 13.9. The summed E-state index contributed by atoms with van der Waals surface area (Å²) in [5.41, 5.74) is 1.66. The molecule has 8 saturated carbocycles. The van der Waals surface area contributed by atoms with E-state index in [1.807, 2.05) is 0 Å². The van der Waals surface area contributed by atoms with Crippen molar-refractivity contribution in [3.8, 4) is 0 Å². The van der Waals surface area contributed by atoms with E-state index in [1.165, 1.54) is 19.3 Å². The van der Waals surface area contributed by atoms with E-state index in [9.17, 15) is 5.11 Å². The Balaban J connectivity index is 1.51. The van der Waals surface area contributed by atoms with Gasteiger partial charge in [-0.1, -0.05) is 20.8 Å². The summed E-state index contributed by atoms with van der Waals surface area (Å²) in [7, 11) is 0. The molecule has 0 spiro atoms. The predicted octanol–water partition coefficient (Wildman–Crippen LogP) is 4.06. The number of hydrogen-bond donors (Lipinski definition) is 1. The van der Waals surface area contributed by atoms with Crippen LogP contribution in [0.2, 0.25) is 0 Å². The molecule has 130 valence electrons. The first kappa shape index (κ1) is 13.2. The summed E-state index contributed by atoms with van der Waals surface area (Å²) in [5.74, 6) is 12.2. The van der Waals surface area contributed by atoms with Gasteiger partial charge in [-0.05, 0) is 113 Å². The van der Waals surface area contributed by atoms with Gasteiger partial charge in [0, 0.05) is 6.61 Å². The van der Waals surface area contributed by atoms with Crippen LogP contribution >= 0.6 is 0 Å². The Morgan fingerprint density at radius 2 is 1.46 bits per heavy atom. The molecule has 0 saturated heterocycles. The Bertz CT molecular complexity index is 700. The minimum Gasteiger partial charge on any atom is -0.396 e. The average Bonchev–Trinajstić information content (AvgIpc) is 3.29. The molecule has 0 aromatic carbocycles. The maximum absolute atomic E-state index is 10.7. The highest BCUT2D eigenvalue weighted by molar-refractivity contribution is 5.38. The summed E-state index contributed by atoms with van der Waals surface area (Å²) in [6, 6.07) is 0. The fraction of sp³-hybridized carbons (Fsp3) is 1.00. The zero-order valence-corrected chi connectivity index (χ0v) is 15.4. The Morgan fingerprint density at radius 3 is 2.25 bits per heavy atom. The Kier molecular flexibility index (Phi) is 1.75. The lowest BCUT2D eigenvalue weighted by atomic mass is 9.61. The van der Waals surface area contributed by atoms with Gasteiger partial charge < -0.3 is 5.11 Å². The van der Waals surface area contributed by atoms with Crippen molar-refractivity contribution in [3.05, 3.63) is 0 Å². The molecule has 1 nitrogen and oxygen atoms in total. The van der Waals surface area contributed by atoms with Crippen molar-refractivity contribution in [2.45, 2.75) is 46.5 Å². The highest BCUT2D eigenvalue weighted by Gasteiger charge is 2.91. The smallest absolute Gasteiger partial charge is 0.0490 e. The first-order chi connectivity index (χ1) is 11.5. The fourth-order valence-corrected chi connectivity index (χ4v) is 13.9. The van der Waals surface area contributed by atoms with Crippen LogP contribution in [0.1, 0.15) is 46.5 Å². The molecular weight excluding hydrogens is 292 g/mol. The van der Waals surface area contributed by atoms with E-state index in [0.717, 1.165) is 71.0 Å². The molecule has 8 aliphatic rings. The standard InChI is InChI=1S/C23H32O/c1-21-7-6-11-16-14-13-15(22(16,2)8-24)9-4-5-10-12(9)18(13)23(3,20(10)21)19(14)17(11)21/h9-20,24H,4-8H2,1-3H3/t9?,10?,11?,12?,13?,14?,15?,16?,17?,18?,19?,20?,21-,22-,23?/m1/s1. The van der Waals surface area contributed by atoms with Crippen LogP contribution in [0, 0.1) is 87.3 Å². The molecule has 1 N–H and O–H groups in total. The molecular formula is C23H32O. The molecule has 13 unspecified atom stereocenters. The number of rotatable bonds is 1. The van der Waals surface area contributed by atoms with Gasteiger partial charge in [-0.2, -0.15) is 0 Å². The van der Waals surface area contributed by atoms with Crippen molar-refractivity contribution in [1.82, 2.24) is 0 Å². The van der Waals surface area contributed by atoms with E-state index < -0.39 is 0 Å². The van der Waals surface area contributed by atoms with Gasteiger partial charge in [0.1, 0.15) is 0 Å². The monoisotopic (exact) mass is 324 g/mol. The normalized spacial score (nSPS) is 83.0. The molecule has 0 heterocycles. The minimum absolute atomic E-state index is 0.274. The molecule has 1 heteroatoms. The van der Waals surface area contributed by atoms with Crippen LogP contribution < -0.4 is 0 Å². The second-order valence-corrected chi connectivity index (χ2v) is 12.5. The Morgan fingerprint density at radius 1 is 0.750 bits per heavy atom. The number of fused-ring (bicyclic) bond motifs is 4. The molecule has 8 fully saturated rings. The van der Waals surface area contributed by atoms with Gasteiger partial charge >= 0.3 is 0 Å². The third-order valence-corrected chi connectivity index (χ3v) is 13.0. The highest BCUT2D eigenvalue weighted by atomic mass is 16.3. The number of aliphatic hydroxyl groups is 1. The van der Waals surface area contributed by atoms with Crippen molar-refractivity contribution in [2.75, 3.05) is 6.61 Å². The van der Waals surface area contributed by atoms with Crippen LogP contribution in [-0.2, 0) is 0 Å². The van der Waals surface area contributed by atoms with E-state index >= 15 is 0 Å². The first-order valence-corrected chi connectivity index (χ1v) is 11.1. The largest absolute Gasteiger partial charge is 0.396 e. The molecule has 0 radical (unpaired) electrons. The lowest BCUT2D eigenvalue weighted by Gasteiger charge is -2.44. The van der Waals surface area contributed by atoms with Crippen molar-refractivity contribution < 1.29 is 5.11 Å². The van der Waals surface area contributed by atoms with Gasteiger partial charge in [-0.25, -0.2) is 0 Å². The third-order valence-electron chi connectivity index (χ3n) is 13.0. The van der Waals surface area contributed by atoms with Crippen molar-refractivity contribution in [1.29, 1.82) is 0 Å². The summed E-state index contributed by atoms with van der Waals surface area (Å²) in [6.07, 6.45) is 6.10. The van der Waals surface area contributed by atoms with Crippen LogP contribution in [0.3, 0.4) is 0 Å². The van der Waals surface area contributed by atoms with Gasteiger partial charge in [0.05, 0.1) is 0 Å². The summed E-state index contributed by atoms with van der Waals surface area (Å²) < 4.78 is 0. The maximum Gasteiger partial charge on any atom is 0.0490 e. The van der Waals surface area contributed by atoms with E-state index in [0.29, 0.717) is 17.4 Å². The van der Waals surface area contributed by atoms with Crippen LogP contribution in [0.4, 0.5) is 0 Å². The van der Waals surface area contributed by atoms with Gasteiger partial charge in [-0.15, -0.1) is 0 Å². The first-order valence-electron chi connectivity index (χ1n) is 11.1. The molecule has 0 aromatic heterocycles. The quantitative estimate of drug-likeness (QED) is 0.771. The Labute approximate surface area is 146 Å². The molecule has 8 aliphatic carbocycles. The lowest BCUT2D eigenvalue weighted by Crippen LogP contribution is -2.42. The van der Waals surface area contributed by atoms with Crippen molar-refractivity contribution in [2.24, 2.45) is 87.3 Å². The molecule has 15 atom stereocenters. The second kappa shape index (κ2) is 3.19. The second-order valence-electron chi connectivity index (χ2n) is 12.5. The SMILES string of the molecule is CC12C3C4C5CCC4C1[C@]1(C)CCC4C6C(C3C5[C@@]6(C)CO)C2C41. The predicted molar refractivity (Wildman–Crippen MR) is 91.8 cm³/mol. The summed E-state index contributed by atoms with van der Waals surface area (Å²) in [5, 5.41) is 10.7. The van der Waals surface area contributed by atoms with Crippen LogP contribution in [0.5, 0.6) is 0 Å². The lowest BCUT2D eigenvalue weighted by molar-refractivity contribution is -0.00653.